The van der Waals surface area contributed by atoms with Gasteiger partial charge in [0.15, 0.2) is 0 Å². The van der Waals surface area contributed by atoms with E-state index < -0.39 is 5.97 Å². The zero-order chi connectivity index (χ0) is 13.4. The fraction of sp³-hybridized carbons (Fsp3) is 0.0625. The van der Waals surface area contributed by atoms with Crippen molar-refractivity contribution in [1.29, 1.82) is 0 Å². The maximum absolute atomic E-state index is 13.2. The van der Waals surface area contributed by atoms with Gasteiger partial charge >= 0.3 is 5.97 Å². The number of halogens is 1. The molecule has 0 heterocycles. The molecule has 0 atom stereocenters. The van der Waals surface area contributed by atoms with Crippen molar-refractivity contribution in [3.63, 3.8) is 0 Å². The molecule has 1 N–H and O–H groups in total. The molecule has 0 unspecified atom stereocenters. The van der Waals surface area contributed by atoms with E-state index in [0.29, 0.717) is 6.42 Å². The molecule has 0 radical (unpaired) electrons. The van der Waals surface area contributed by atoms with E-state index in [0.717, 1.165) is 33.9 Å². The minimum Gasteiger partial charge on any atom is -0.478 e. The number of hydrogen-bond donors (Lipinski definition) is 1. The maximum atomic E-state index is 13.2. The van der Waals surface area contributed by atoms with Gasteiger partial charge in [0.1, 0.15) is 5.82 Å². The fourth-order valence-corrected chi connectivity index (χ4v) is 2.47. The molecule has 3 rings (SSSR count). The molecule has 1 aliphatic carbocycles. The van der Waals surface area contributed by atoms with Crippen molar-refractivity contribution in [2.45, 2.75) is 6.42 Å². The second kappa shape index (κ2) is 4.35. The number of carboxylic acid groups (broad SMARTS) is 1. The third kappa shape index (κ3) is 2.15. The van der Waals surface area contributed by atoms with Crippen LogP contribution in [0.1, 0.15) is 16.7 Å². The van der Waals surface area contributed by atoms with Gasteiger partial charge in [0.25, 0.3) is 0 Å². The first-order chi connectivity index (χ1) is 9.13. The van der Waals surface area contributed by atoms with Crippen LogP contribution in [0.4, 0.5) is 4.39 Å². The molecule has 0 bridgehead atoms. The summed E-state index contributed by atoms with van der Waals surface area (Å²) in [7, 11) is 0. The van der Waals surface area contributed by atoms with Crippen molar-refractivity contribution in [3.05, 3.63) is 65.0 Å². The first-order valence-corrected chi connectivity index (χ1v) is 5.96. The van der Waals surface area contributed by atoms with Gasteiger partial charge in [-0.3, -0.25) is 0 Å². The number of rotatable bonds is 2. The molecule has 2 aromatic rings. The van der Waals surface area contributed by atoms with E-state index in [2.05, 4.69) is 0 Å². The zero-order valence-corrected chi connectivity index (χ0v) is 10.1. The van der Waals surface area contributed by atoms with Crippen LogP contribution in [0.15, 0.2) is 42.5 Å². The normalized spacial score (nSPS) is 12.5. The van der Waals surface area contributed by atoms with Crippen LogP contribution in [0.5, 0.6) is 0 Å². The molecule has 0 saturated carbocycles. The van der Waals surface area contributed by atoms with Gasteiger partial charge in [0.05, 0.1) is 0 Å². The summed E-state index contributed by atoms with van der Waals surface area (Å²) in [5.74, 6) is -1.19. The van der Waals surface area contributed by atoms with Crippen molar-refractivity contribution in [2.24, 2.45) is 0 Å². The molecule has 94 valence electrons. The van der Waals surface area contributed by atoms with Gasteiger partial charge in [0.2, 0.25) is 0 Å². The summed E-state index contributed by atoms with van der Waals surface area (Å²) in [6.45, 7) is 0. The Hall–Kier alpha value is -2.42. The van der Waals surface area contributed by atoms with Crippen LogP contribution >= 0.6 is 0 Å². The SMILES string of the molecule is O=C(O)C=Cc1ccc2c(c1)Cc1cc(F)ccc1-2. The molecule has 3 heteroatoms. The van der Waals surface area contributed by atoms with Crippen molar-refractivity contribution in [2.75, 3.05) is 0 Å². The molecule has 2 aromatic carbocycles. The van der Waals surface area contributed by atoms with Crippen LogP contribution < -0.4 is 0 Å². The topological polar surface area (TPSA) is 37.3 Å². The molecular weight excluding hydrogens is 243 g/mol. The summed E-state index contributed by atoms with van der Waals surface area (Å²) in [5.41, 5.74) is 5.09. The third-order valence-electron chi connectivity index (χ3n) is 3.29. The Balaban J connectivity index is 2.00. The highest BCUT2D eigenvalue weighted by Gasteiger charge is 2.18. The molecule has 0 amide bonds. The minimum absolute atomic E-state index is 0.224. The van der Waals surface area contributed by atoms with Gasteiger partial charge in [-0.2, -0.15) is 0 Å². The fourth-order valence-electron chi connectivity index (χ4n) is 2.47. The van der Waals surface area contributed by atoms with E-state index >= 15 is 0 Å². The van der Waals surface area contributed by atoms with Gasteiger partial charge in [-0.25, -0.2) is 9.18 Å². The predicted octanol–water partition coefficient (Wildman–Crippen LogP) is 3.49. The Morgan fingerprint density at radius 2 is 1.79 bits per heavy atom. The van der Waals surface area contributed by atoms with E-state index in [9.17, 15) is 9.18 Å². The maximum Gasteiger partial charge on any atom is 0.328 e. The summed E-state index contributed by atoms with van der Waals surface area (Å²) in [6, 6.07) is 10.6. The van der Waals surface area contributed by atoms with Gasteiger partial charge in [-0.05, 0) is 52.4 Å². The summed E-state index contributed by atoms with van der Waals surface area (Å²) in [5, 5.41) is 8.61. The van der Waals surface area contributed by atoms with Gasteiger partial charge in [0, 0.05) is 6.08 Å². The molecule has 0 aromatic heterocycles. The highest BCUT2D eigenvalue weighted by atomic mass is 19.1. The average molecular weight is 254 g/mol. The second-order valence-corrected chi connectivity index (χ2v) is 4.57. The highest BCUT2D eigenvalue weighted by Crippen LogP contribution is 2.37. The lowest BCUT2D eigenvalue weighted by atomic mass is 10.0. The largest absolute Gasteiger partial charge is 0.478 e. The molecule has 1 aliphatic rings. The average Bonchev–Trinajstić information content (AvgIpc) is 2.72. The predicted molar refractivity (Wildman–Crippen MR) is 71.3 cm³/mol. The highest BCUT2D eigenvalue weighted by molar-refractivity contribution is 5.86. The van der Waals surface area contributed by atoms with Crippen LogP contribution in [0.25, 0.3) is 17.2 Å². The lowest BCUT2D eigenvalue weighted by Gasteiger charge is -2.01. The van der Waals surface area contributed by atoms with E-state index in [4.69, 9.17) is 5.11 Å². The Bertz CT molecular complexity index is 702. The number of fused-ring (bicyclic) bond motifs is 3. The minimum atomic E-state index is -0.967. The third-order valence-corrected chi connectivity index (χ3v) is 3.29. The molecule has 19 heavy (non-hydrogen) atoms. The first-order valence-electron chi connectivity index (χ1n) is 5.96. The Kier molecular flexibility index (Phi) is 2.67. The summed E-state index contributed by atoms with van der Waals surface area (Å²) in [6.07, 6.45) is 3.37. The smallest absolute Gasteiger partial charge is 0.328 e. The van der Waals surface area contributed by atoms with Crippen LogP contribution in [0.2, 0.25) is 0 Å². The van der Waals surface area contributed by atoms with Crippen LogP contribution in [0.3, 0.4) is 0 Å². The Morgan fingerprint density at radius 3 is 2.53 bits per heavy atom. The second-order valence-electron chi connectivity index (χ2n) is 4.57. The number of hydrogen-bond acceptors (Lipinski definition) is 1. The van der Waals surface area contributed by atoms with E-state index in [-0.39, 0.29) is 5.82 Å². The number of carboxylic acids is 1. The van der Waals surface area contributed by atoms with Gasteiger partial charge in [-0.1, -0.05) is 24.3 Å². The molecule has 2 nitrogen and oxygen atoms in total. The van der Waals surface area contributed by atoms with Crippen molar-refractivity contribution < 1.29 is 14.3 Å². The molecule has 0 fully saturated rings. The summed E-state index contributed by atoms with van der Waals surface area (Å²) in [4.78, 5) is 10.5. The van der Waals surface area contributed by atoms with Crippen molar-refractivity contribution in [1.82, 2.24) is 0 Å². The van der Waals surface area contributed by atoms with Gasteiger partial charge < -0.3 is 5.11 Å². The summed E-state index contributed by atoms with van der Waals surface area (Å²) < 4.78 is 13.2. The van der Waals surface area contributed by atoms with E-state index in [1.54, 1.807) is 18.2 Å². The lowest BCUT2D eigenvalue weighted by Crippen LogP contribution is -1.86. The number of aliphatic carboxylic acids is 1. The van der Waals surface area contributed by atoms with Crippen molar-refractivity contribution >= 4 is 12.0 Å². The van der Waals surface area contributed by atoms with Gasteiger partial charge in [-0.15, -0.1) is 0 Å². The number of benzene rings is 2. The lowest BCUT2D eigenvalue weighted by molar-refractivity contribution is -0.131. The molecule has 0 aliphatic heterocycles. The van der Waals surface area contributed by atoms with E-state index in [1.165, 1.54) is 6.07 Å². The molecular formula is C16H11FO2. The Labute approximate surface area is 109 Å². The standard InChI is InChI=1S/C16H11FO2/c17-13-3-5-15-12(9-13)8-11-7-10(1-4-14(11)15)2-6-16(18)19/h1-7,9H,8H2,(H,18,19). The Morgan fingerprint density at radius 1 is 1.11 bits per heavy atom. The van der Waals surface area contributed by atoms with Crippen LogP contribution in [-0.2, 0) is 11.2 Å². The van der Waals surface area contributed by atoms with E-state index in [1.807, 2.05) is 18.2 Å². The van der Waals surface area contributed by atoms with Crippen molar-refractivity contribution in [3.8, 4) is 11.1 Å². The quantitative estimate of drug-likeness (QED) is 0.711. The molecule has 0 saturated heterocycles. The monoisotopic (exact) mass is 254 g/mol. The number of carbonyl (C=O) groups is 1. The molecule has 0 spiro atoms. The van der Waals surface area contributed by atoms with Crippen LogP contribution in [0, 0.1) is 5.82 Å². The first kappa shape index (κ1) is 11.7. The summed E-state index contributed by atoms with van der Waals surface area (Å²) >= 11 is 0. The van der Waals surface area contributed by atoms with Crippen LogP contribution in [-0.4, -0.2) is 11.1 Å². The zero-order valence-electron chi connectivity index (χ0n) is 10.1.